The summed E-state index contributed by atoms with van der Waals surface area (Å²) in [6, 6.07) is 3.55. The molecule has 0 aliphatic heterocycles. The van der Waals surface area contributed by atoms with Crippen LogP contribution in [0.1, 0.15) is 18.4 Å². The summed E-state index contributed by atoms with van der Waals surface area (Å²) >= 11 is 3.40. The third-order valence-electron chi connectivity index (χ3n) is 3.13. The summed E-state index contributed by atoms with van der Waals surface area (Å²) in [4.78, 5) is 11.4. The average molecular weight is 301 g/mol. The third kappa shape index (κ3) is 1.78. The summed E-state index contributed by atoms with van der Waals surface area (Å²) < 4.78 is 11.2. The van der Waals surface area contributed by atoms with Gasteiger partial charge < -0.3 is 14.6 Å². The Morgan fingerprint density at radius 3 is 2.41 bits per heavy atom. The first-order valence-corrected chi connectivity index (χ1v) is 6.00. The maximum atomic E-state index is 11.4. The van der Waals surface area contributed by atoms with Crippen molar-refractivity contribution in [3.63, 3.8) is 0 Å². The highest BCUT2D eigenvalue weighted by Crippen LogP contribution is 2.55. The zero-order valence-corrected chi connectivity index (χ0v) is 11.2. The molecule has 0 atom stereocenters. The molecule has 0 amide bonds. The summed E-state index contributed by atoms with van der Waals surface area (Å²) in [5, 5.41) is 9.35. The molecule has 1 aliphatic rings. The molecule has 0 bridgehead atoms. The first-order valence-electron chi connectivity index (χ1n) is 5.21. The Bertz CT molecular complexity index is 466. The molecular formula is C12H13BrO4. The molecule has 0 radical (unpaired) electrons. The molecule has 92 valence electrons. The lowest BCUT2D eigenvalue weighted by molar-refractivity contribution is -0.140. The van der Waals surface area contributed by atoms with Crippen molar-refractivity contribution in [2.45, 2.75) is 18.3 Å². The van der Waals surface area contributed by atoms with E-state index in [1.807, 2.05) is 0 Å². The monoisotopic (exact) mass is 300 g/mol. The molecule has 2 rings (SSSR count). The van der Waals surface area contributed by atoms with E-state index in [4.69, 9.17) is 9.47 Å². The van der Waals surface area contributed by atoms with Gasteiger partial charge in [0.1, 0.15) is 0 Å². The van der Waals surface area contributed by atoms with E-state index in [1.165, 1.54) is 14.2 Å². The topological polar surface area (TPSA) is 55.8 Å². The van der Waals surface area contributed by atoms with Gasteiger partial charge in [-0.05, 0) is 25.0 Å². The van der Waals surface area contributed by atoms with Crippen molar-refractivity contribution < 1.29 is 19.4 Å². The zero-order chi connectivity index (χ0) is 12.6. The van der Waals surface area contributed by atoms with Crippen molar-refractivity contribution in [2.24, 2.45) is 0 Å². The number of halogens is 1. The molecule has 1 saturated carbocycles. The second kappa shape index (κ2) is 4.22. The molecule has 0 spiro atoms. The number of carboxylic acid groups (broad SMARTS) is 1. The number of benzene rings is 1. The molecule has 1 fully saturated rings. The van der Waals surface area contributed by atoms with Crippen molar-refractivity contribution in [1.29, 1.82) is 0 Å². The first kappa shape index (κ1) is 12.2. The molecular weight excluding hydrogens is 288 g/mol. The molecule has 0 unspecified atom stereocenters. The lowest BCUT2D eigenvalue weighted by Crippen LogP contribution is -2.21. The Labute approximate surface area is 108 Å². The van der Waals surface area contributed by atoms with E-state index < -0.39 is 11.4 Å². The van der Waals surface area contributed by atoms with E-state index in [9.17, 15) is 9.90 Å². The highest BCUT2D eigenvalue weighted by molar-refractivity contribution is 9.10. The Balaban J connectivity index is 2.63. The maximum Gasteiger partial charge on any atom is 0.314 e. The zero-order valence-electron chi connectivity index (χ0n) is 9.62. The van der Waals surface area contributed by atoms with Crippen LogP contribution in [0.25, 0.3) is 0 Å². The largest absolute Gasteiger partial charge is 0.493 e. The van der Waals surface area contributed by atoms with Crippen LogP contribution in [0.15, 0.2) is 16.6 Å². The highest BCUT2D eigenvalue weighted by atomic mass is 79.9. The Kier molecular flexibility index (Phi) is 3.03. The van der Waals surface area contributed by atoms with Gasteiger partial charge in [0.15, 0.2) is 11.5 Å². The molecule has 0 saturated heterocycles. The summed E-state index contributed by atoms with van der Waals surface area (Å²) in [6.07, 6.45) is 1.26. The molecule has 0 heterocycles. The lowest BCUT2D eigenvalue weighted by Gasteiger charge is -2.18. The average Bonchev–Trinajstić information content (AvgIpc) is 3.09. The number of hydrogen-bond donors (Lipinski definition) is 1. The number of ether oxygens (including phenoxy) is 2. The van der Waals surface area contributed by atoms with Crippen LogP contribution in [0.4, 0.5) is 0 Å². The SMILES string of the molecule is COc1ccc(Br)c(C2(C(=O)O)CC2)c1OC. The van der Waals surface area contributed by atoms with Crippen LogP contribution in [0, 0.1) is 0 Å². The molecule has 1 N–H and O–H groups in total. The smallest absolute Gasteiger partial charge is 0.314 e. The number of hydrogen-bond acceptors (Lipinski definition) is 3. The molecule has 1 aromatic rings. The predicted octanol–water partition coefficient (Wildman–Crippen LogP) is 2.58. The van der Waals surface area contributed by atoms with Crippen molar-refractivity contribution in [3.8, 4) is 11.5 Å². The highest BCUT2D eigenvalue weighted by Gasteiger charge is 2.54. The van der Waals surface area contributed by atoms with Crippen LogP contribution in [0.5, 0.6) is 11.5 Å². The first-order chi connectivity index (χ1) is 8.06. The number of carbonyl (C=O) groups is 1. The minimum atomic E-state index is -0.821. The van der Waals surface area contributed by atoms with Crippen molar-refractivity contribution >= 4 is 21.9 Å². The Morgan fingerprint density at radius 2 is 2.00 bits per heavy atom. The van der Waals surface area contributed by atoms with Gasteiger partial charge in [-0.25, -0.2) is 0 Å². The van der Waals surface area contributed by atoms with E-state index in [0.29, 0.717) is 29.9 Å². The number of carboxylic acids is 1. The van der Waals surface area contributed by atoms with Gasteiger partial charge in [-0.15, -0.1) is 0 Å². The second-order valence-electron chi connectivity index (χ2n) is 4.05. The molecule has 1 aromatic carbocycles. The van der Waals surface area contributed by atoms with Gasteiger partial charge in [0, 0.05) is 10.0 Å². The number of methoxy groups -OCH3 is 2. The summed E-state index contributed by atoms with van der Waals surface area (Å²) in [5.41, 5.74) is -0.148. The van der Waals surface area contributed by atoms with E-state index in [1.54, 1.807) is 12.1 Å². The van der Waals surface area contributed by atoms with Crippen LogP contribution in [0.3, 0.4) is 0 Å². The quantitative estimate of drug-likeness (QED) is 0.928. The molecule has 1 aliphatic carbocycles. The fourth-order valence-corrected chi connectivity index (χ4v) is 2.74. The predicted molar refractivity (Wildman–Crippen MR) is 65.8 cm³/mol. The van der Waals surface area contributed by atoms with Gasteiger partial charge in [0.2, 0.25) is 0 Å². The van der Waals surface area contributed by atoms with Crippen LogP contribution < -0.4 is 9.47 Å². The Hall–Kier alpha value is -1.23. The Morgan fingerprint density at radius 1 is 1.35 bits per heavy atom. The van der Waals surface area contributed by atoms with E-state index in [-0.39, 0.29) is 0 Å². The van der Waals surface area contributed by atoms with Gasteiger partial charge in [-0.2, -0.15) is 0 Å². The van der Waals surface area contributed by atoms with Crippen LogP contribution in [0.2, 0.25) is 0 Å². The number of rotatable bonds is 4. The minimum Gasteiger partial charge on any atom is -0.493 e. The van der Waals surface area contributed by atoms with Gasteiger partial charge in [-0.3, -0.25) is 4.79 Å². The fourth-order valence-electron chi connectivity index (χ4n) is 2.04. The summed E-state index contributed by atoms with van der Waals surface area (Å²) in [5.74, 6) is 0.241. The molecule has 0 aromatic heterocycles. The minimum absolute atomic E-state index is 0.502. The van der Waals surface area contributed by atoms with Gasteiger partial charge in [0.25, 0.3) is 0 Å². The van der Waals surface area contributed by atoms with Crippen molar-refractivity contribution in [3.05, 3.63) is 22.2 Å². The van der Waals surface area contributed by atoms with Crippen LogP contribution in [-0.4, -0.2) is 25.3 Å². The van der Waals surface area contributed by atoms with E-state index in [2.05, 4.69) is 15.9 Å². The molecule has 5 heteroatoms. The molecule has 4 nitrogen and oxygen atoms in total. The van der Waals surface area contributed by atoms with Gasteiger partial charge in [0.05, 0.1) is 19.6 Å². The van der Waals surface area contributed by atoms with Crippen molar-refractivity contribution in [2.75, 3.05) is 14.2 Å². The van der Waals surface area contributed by atoms with Gasteiger partial charge >= 0.3 is 5.97 Å². The van der Waals surface area contributed by atoms with E-state index in [0.717, 1.165) is 4.47 Å². The third-order valence-corrected chi connectivity index (χ3v) is 3.79. The number of aliphatic carboxylic acids is 1. The van der Waals surface area contributed by atoms with Crippen molar-refractivity contribution in [1.82, 2.24) is 0 Å². The summed E-state index contributed by atoms with van der Waals surface area (Å²) in [7, 11) is 3.06. The van der Waals surface area contributed by atoms with E-state index >= 15 is 0 Å². The second-order valence-corrected chi connectivity index (χ2v) is 4.90. The lowest BCUT2D eigenvalue weighted by atomic mass is 9.95. The molecule has 17 heavy (non-hydrogen) atoms. The van der Waals surface area contributed by atoms with Crippen LogP contribution in [-0.2, 0) is 10.2 Å². The summed E-state index contributed by atoms with van der Waals surface area (Å²) in [6.45, 7) is 0. The normalized spacial score (nSPS) is 16.4. The fraction of sp³-hybridized carbons (Fsp3) is 0.417. The van der Waals surface area contributed by atoms with Crippen LogP contribution >= 0.6 is 15.9 Å². The maximum absolute atomic E-state index is 11.4. The standard InChI is InChI=1S/C12H13BrO4/c1-16-8-4-3-7(13)9(10(8)17-2)12(5-6-12)11(14)15/h3-4H,5-6H2,1-2H3,(H,14,15). The van der Waals surface area contributed by atoms with Gasteiger partial charge in [-0.1, -0.05) is 15.9 Å².